The van der Waals surface area contributed by atoms with Crippen molar-refractivity contribution in [3.63, 3.8) is 0 Å². The number of ether oxygens (including phenoxy) is 1. The molecule has 0 N–H and O–H groups in total. The Kier molecular flexibility index (Phi) is 5.66. The van der Waals surface area contributed by atoms with E-state index in [0.717, 1.165) is 0 Å². The fourth-order valence-electron chi connectivity index (χ4n) is 1.47. The highest BCUT2D eigenvalue weighted by Gasteiger charge is 2.39. The predicted molar refractivity (Wildman–Crippen MR) is 67.3 cm³/mol. The van der Waals surface area contributed by atoms with Gasteiger partial charge in [-0.15, -0.1) is 0 Å². The average Bonchev–Trinajstić information content (AvgIpc) is 2.29. The van der Waals surface area contributed by atoms with Gasteiger partial charge in [-0.2, -0.15) is 13.2 Å². The number of rotatable bonds is 4. The molecular weight excluding hydrogens is 400 g/mol. The van der Waals surface area contributed by atoms with E-state index in [1.54, 1.807) is 0 Å². The number of pyridine rings is 1. The van der Waals surface area contributed by atoms with E-state index in [1.165, 1.54) is 29.5 Å². The second-order valence-electron chi connectivity index (χ2n) is 3.63. The van der Waals surface area contributed by atoms with Crippen molar-refractivity contribution in [2.24, 2.45) is 0 Å². The van der Waals surface area contributed by atoms with E-state index in [1.807, 2.05) is 0 Å². The molecule has 0 atom stereocenters. The lowest BCUT2D eigenvalue weighted by molar-refractivity contribution is -0.143. The van der Waals surface area contributed by atoms with E-state index in [9.17, 15) is 26.7 Å². The van der Waals surface area contributed by atoms with Crippen LogP contribution < -0.4 is 0 Å². The molecule has 1 aromatic rings. The van der Waals surface area contributed by atoms with Crippen molar-refractivity contribution in [3.05, 3.63) is 26.6 Å². The zero-order valence-corrected chi connectivity index (χ0v) is 12.3. The first-order chi connectivity index (χ1) is 9.18. The van der Waals surface area contributed by atoms with Crippen LogP contribution in [-0.2, 0) is 22.1 Å². The third-order valence-electron chi connectivity index (χ3n) is 2.26. The monoisotopic (exact) mass is 409 g/mol. The fourth-order valence-corrected chi connectivity index (χ4v) is 2.41. The van der Waals surface area contributed by atoms with Crippen molar-refractivity contribution >= 4 is 28.6 Å². The third kappa shape index (κ3) is 4.00. The first kappa shape index (κ1) is 17.1. The quantitative estimate of drug-likeness (QED) is 0.432. The summed E-state index contributed by atoms with van der Waals surface area (Å²) in [7, 11) is 0. The molecule has 112 valence electrons. The standard InChI is InChI=1S/C11H9F5INO2/c1-2-20-7(19)3-6-9(17)8(11(14,15)16)5(4-18-6)10(12)13/h4,10H,2-3H2,1H3. The highest BCUT2D eigenvalue weighted by atomic mass is 127. The summed E-state index contributed by atoms with van der Waals surface area (Å²) in [6.45, 7) is 1.61. The molecule has 1 rings (SSSR count). The summed E-state index contributed by atoms with van der Waals surface area (Å²) in [6.07, 6.45) is -8.30. The highest BCUT2D eigenvalue weighted by Crippen LogP contribution is 2.39. The molecule has 0 bridgehead atoms. The van der Waals surface area contributed by atoms with Crippen LogP contribution in [0.1, 0.15) is 30.2 Å². The van der Waals surface area contributed by atoms with Gasteiger partial charge in [0.1, 0.15) is 0 Å². The zero-order valence-electron chi connectivity index (χ0n) is 10.1. The van der Waals surface area contributed by atoms with Gasteiger partial charge in [0.25, 0.3) is 6.43 Å². The molecule has 1 heterocycles. The normalized spacial score (nSPS) is 11.8. The minimum absolute atomic E-state index is 0.0661. The number of esters is 1. The van der Waals surface area contributed by atoms with Crippen molar-refractivity contribution in [2.45, 2.75) is 25.9 Å². The number of alkyl halides is 5. The van der Waals surface area contributed by atoms with Gasteiger partial charge in [-0.1, -0.05) is 0 Å². The van der Waals surface area contributed by atoms with Gasteiger partial charge in [-0.25, -0.2) is 8.78 Å². The van der Waals surface area contributed by atoms with Gasteiger partial charge < -0.3 is 4.74 Å². The van der Waals surface area contributed by atoms with Gasteiger partial charge >= 0.3 is 12.1 Å². The molecule has 0 spiro atoms. The Morgan fingerprint density at radius 3 is 2.50 bits per heavy atom. The molecular formula is C11H9F5INO2. The molecule has 0 amide bonds. The van der Waals surface area contributed by atoms with Crippen molar-refractivity contribution in [2.75, 3.05) is 6.61 Å². The molecule has 0 aliphatic rings. The minimum atomic E-state index is -4.95. The zero-order chi connectivity index (χ0) is 15.5. The van der Waals surface area contributed by atoms with E-state index < -0.39 is 39.7 Å². The second kappa shape index (κ2) is 6.64. The lowest BCUT2D eigenvalue weighted by Crippen LogP contribution is -2.17. The number of nitrogens with zero attached hydrogens (tertiary/aromatic N) is 1. The van der Waals surface area contributed by atoms with Gasteiger partial charge in [0.05, 0.1) is 24.3 Å². The molecule has 0 unspecified atom stereocenters. The van der Waals surface area contributed by atoms with Crippen molar-refractivity contribution in [1.82, 2.24) is 4.98 Å². The smallest absolute Gasteiger partial charge is 0.418 e. The van der Waals surface area contributed by atoms with Gasteiger partial charge in [-0.3, -0.25) is 9.78 Å². The first-order valence-corrected chi connectivity index (χ1v) is 6.44. The SMILES string of the molecule is CCOC(=O)Cc1ncc(C(F)F)c(C(F)(F)F)c1I. The Labute approximate surface area is 124 Å². The molecule has 0 aliphatic heterocycles. The van der Waals surface area contributed by atoms with Gasteiger partial charge in [-0.05, 0) is 29.5 Å². The maximum absolute atomic E-state index is 12.9. The number of carbonyl (C=O) groups is 1. The number of hydrogen-bond acceptors (Lipinski definition) is 3. The summed E-state index contributed by atoms with van der Waals surface area (Å²) in [4.78, 5) is 14.8. The van der Waals surface area contributed by atoms with Gasteiger partial charge in [0.2, 0.25) is 0 Å². The van der Waals surface area contributed by atoms with Gasteiger partial charge in [0.15, 0.2) is 0 Å². The van der Waals surface area contributed by atoms with Crippen LogP contribution >= 0.6 is 22.6 Å². The largest absolute Gasteiger partial charge is 0.466 e. The van der Waals surface area contributed by atoms with Crippen LogP contribution in [0.4, 0.5) is 22.0 Å². The third-order valence-corrected chi connectivity index (χ3v) is 3.42. The lowest BCUT2D eigenvalue weighted by atomic mass is 10.1. The van der Waals surface area contributed by atoms with Gasteiger partial charge in [0, 0.05) is 15.3 Å². The Morgan fingerprint density at radius 2 is 2.05 bits per heavy atom. The Morgan fingerprint density at radius 1 is 1.45 bits per heavy atom. The molecule has 9 heteroatoms. The van der Waals surface area contributed by atoms with Crippen molar-refractivity contribution in [1.29, 1.82) is 0 Å². The summed E-state index contributed by atoms with van der Waals surface area (Å²) >= 11 is 1.26. The molecule has 0 aromatic carbocycles. The van der Waals surface area contributed by atoms with Crippen molar-refractivity contribution < 1.29 is 31.5 Å². The molecule has 0 fully saturated rings. The Balaban J connectivity index is 3.28. The number of halogens is 6. The highest BCUT2D eigenvalue weighted by molar-refractivity contribution is 14.1. The van der Waals surface area contributed by atoms with Crippen LogP contribution in [-0.4, -0.2) is 17.6 Å². The predicted octanol–water partition coefficient (Wildman–Crippen LogP) is 3.75. The molecule has 20 heavy (non-hydrogen) atoms. The fraction of sp³-hybridized carbons (Fsp3) is 0.455. The van der Waals surface area contributed by atoms with E-state index in [4.69, 9.17) is 0 Å². The van der Waals surface area contributed by atoms with Crippen LogP contribution in [0.15, 0.2) is 6.20 Å². The summed E-state index contributed by atoms with van der Waals surface area (Å²) in [5, 5.41) is 0. The number of aromatic nitrogens is 1. The van der Waals surface area contributed by atoms with Crippen LogP contribution in [0, 0.1) is 3.57 Å². The summed E-state index contributed by atoms with van der Waals surface area (Å²) in [6, 6.07) is 0. The van der Waals surface area contributed by atoms with Crippen LogP contribution in [0.2, 0.25) is 0 Å². The molecule has 0 aliphatic carbocycles. The first-order valence-electron chi connectivity index (χ1n) is 5.36. The summed E-state index contributed by atoms with van der Waals surface area (Å²) in [5.74, 6) is -0.768. The molecule has 0 radical (unpaired) electrons. The second-order valence-corrected chi connectivity index (χ2v) is 4.71. The Bertz CT molecular complexity index is 504. The van der Waals surface area contributed by atoms with E-state index >= 15 is 0 Å². The minimum Gasteiger partial charge on any atom is -0.466 e. The molecule has 0 saturated heterocycles. The summed E-state index contributed by atoms with van der Waals surface area (Å²) < 4.78 is 67.9. The molecule has 3 nitrogen and oxygen atoms in total. The average molecular weight is 409 g/mol. The maximum atomic E-state index is 12.9. The maximum Gasteiger partial charge on any atom is 0.418 e. The topological polar surface area (TPSA) is 39.2 Å². The van der Waals surface area contributed by atoms with E-state index in [-0.39, 0.29) is 12.3 Å². The molecule has 1 aromatic heterocycles. The number of hydrogen-bond donors (Lipinski definition) is 0. The van der Waals surface area contributed by atoms with Crippen LogP contribution in [0.3, 0.4) is 0 Å². The number of carbonyl (C=O) groups excluding carboxylic acids is 1. The van der Waals surface area contributed by atoms with Crippen LogP contribution in [0.25, 0.3) is 0 Å². The Hall–Kier alpha value is -1.00. The van der Waals surface area contributed by atoms with Crippen LogP contribution in [0.5, 0.6) is 0 Å². The van der Waals surface area contributed by atoms with E-state index in [0.29, 0.717) is 6.20 Å². The summed E-state index contributed by atoms with van der Waals surface area (Å²) in [5.41, 5.74) is -2.89. The van der Waals surface area contributed by atoms with Crippen molar-refractivity contribution in [3.8, 4) is 0 Å². The molecule has 0 saturated carbocycles. The lowest BCUT2D eigenvalue weighted by Gasteiger charge is -2.16. The van der Waals surface area contributed by atoms with E-state index in [2.05, 4.69) is 9.72 Å².